The van der Waals surface area contributed by atoms with E-state index in [9.17, 15) is 23.2 Å². The molecule has 4 aliphatic carbocycles. The number of nitrogens with zero attached hydrogens (tertiary/aromatic N) is 2. The minimum atomic E-state index is -4.97. The van der Waals surface area contributed by atoms with Gasteiger partial charge >= 0.3 is 12.1 Å². The Morgan fingerprint density at radius 3 is 2.69 bits per heavy atom. The molecule has 0 amide bonds. The van der Waals surface area contributed by atoms with Gasteiger partial charge < -0.3 is 15.0 Å². The van der Waals surface area contributed by atoms with Crippen LogP contribution in [0.4, 0.5) is 18.9 Å². The number of aromatic nitrogens is 2. The first-order chi connectivity index (χ1) is 13.8. The molecule has 2 heterocycles. The second-order valence-electron chi connectivity index (χ2n) is 8.61. The Balaban J connectivity index is 1.43. The fourth-order valence-corrected chi connectivity index (χ4v) is 5.98. The van der Waals surface area contributed by atoms with Crippen molar-refractivity contribution in [1.29, 1.82) is 5.26 Å². The summed E-state index contributed by atoms with van der Waals surface area (Å²) in [7, 11) is 0. The standard InChI is InChI=1S/C20H19F3N4O2/c21-20(22,23)18(28)29-19-5-10-3-11(6-19)15(12(4-10)7-19)27-16-13(8-24)9-26-17-14(16)1-2-25-17/h1-2,9-12,15H,3-7H2,(H2,25,26,27). The lowest BCUT2D eigenvalue weighted by molar-refractivity contribution is -0.231. The van der Waals surface area contributed by atoms with Crippen LogP contribution in [-0.2, 0) is 9.53 Å². The van der Waals surface area contributed by atoms with Crippen molar-refractivity contribution < 1.29 is 22.7 Å². The molecule has 29 heavy (non-hydrogen) atoms. The lowest BCUT2D eigenvalue weighted by Gasteiger charge is -2.59. The molecule has 0 aliphatic heterocycles. The van der Waals surface area contributed by atoms with Crippen molar-refractivity contribution >= 4 is 22.7 Å². The van der Waals surface area contributed by atoms with Crippen LogP contribution in [0.5, 0.6) is 0 Å². The molecule has 2 aromatic heterocycles. The van der Waals surface area contributed by atoms with E-state index in [2.05, 4.69) is 21.4 Å². The third-order valence-corrected chi connectivity index (χ3v) is 6.78. The number of ether oxygens (including phenoxy) is 1. The van der Waals surface area contributed by atoms with Crippen molar-refractivity contribution in [1.82, 2.24) is 9.97 Å². The van der Waals surface area contributed by atoms with Crippen LogP contribution < -0.4 is 5.32 Å². The quantitative estimate of drug-likeness (QED) is 0.758. The lowest BCUT2D eigenvalue weighted by atomic mass is 9.52. The zero-order valence-electron chi connectivity index (χ0n) is 15.4. The van der Waals surface area contributed by atoms with Gasteiger partial charge in [-0.25, -0.2) is 9.78 Å². The molecule has 6 rings (SSSR count). The first kappa shape index (κ1) is 18.3. The van der Waals surface area contributed by atoms with E-state index in [1.165, 1.54) is 6.20 Å². The van der Waals surface area contributed by atoms with Gasteiger partial charge in [-0.2, -0.15) is 18.4 Å². The third kappa shape index (κ3) is 2.93. The smallest absolute Gasteiger partial charge is 0.452 e. The van der Waals surface area contributed by atoms with Crippen LogP contribution in [0.15, 0.2) is 18.5 Å². The maximum absolute atomic E-state index is 12.8. The van der Waals surface area contributed by atoms with Crippen molar-refractivity contribution in [3.05, 3.63) is 24.0 Å². The number of halogens is 3. The summed E-state index contributed by atoms with van der Waals surface area (Å²) in [5.41, 5.74) is 0.800. The molecule has 4 saturated carbocycles. The number of rotatable bonds is 3. The summed E-state index contributed by atoms with van der Waals surface area (Å²) in [5.74, 6) is -1.63. The van der Waals surface area contributed by atoms with Gasteiger partial charge in [-0.05, 0) is 55.9 Å². The molecule has 0 spiro atoms. The Morgan fingerprint density at radius 1 is 1.31 bits per heavy atom. The second kappa shape index (κ2) is 6.12. The molecule has 6 nitrogen and oxygen atoms in total. The summed E-state index contributed by atoms with van der Waals surface area (Å²) in [6.45, 7) is 0. The molecular weight excluding hydrogens is 385 g/mol. The zero-order chi connectivity index (χ0) is 20.4. The van der Waals surface area contributed by atoms with E-state index in [1.54, 1.807) is 6.20 Å². The summed E-state index contributed by atoms with van der Waals surface area (Å²) in [5, 5.41) is 13.9. The Kier molecular flexibility index (Phi) is 3.86. The Bertz CT molecular complexity index is 1010. The third-order valence-electron chi connectivity index (χ3n) is 6.78. The number of fused-ring (bicyclic) bond motifs is 1. The van der Waals surface area contributed by atoms with E-state index in [1.807, 2.05) is 6.07 Å². The number of esters is 1. The SMILES string of the molecule is N#Cc1cnc2[nH]ccc2c1NC1C2CC3CC1CC(OC(=O)C(F)(F)F)(C3)C2. The molecule has 9 heteroatoms. The van der Waals surface area contributed by atoms with Gasteiger partial charge in [-0.1, -0.05) is 0 Å². The highest BCUT2D eigenvalue weighted by molar-refractivity contribution is 5.92. The predicted octanol–water partition coefficient (Wildman–Crippen LogP) is 3.90. The first-order valence-corrected chi connectivity index (χ1v) is 9.71. The largest absolute Gasteiger partial charge is 0.490 e. The molecule has 4 bridgehead atoms. The summed E-state index contributed by atoms with van der Waals surface area (Å²) in [6, 6.07) is 4.05. The molecule has 2 unspecified atom stereocenters. The average molecular weight is 404 g/mol. The summed E-state index contributed by atoms with van der Waals surface area (Å²) >= 11 is 0. The predicted molar refractivity (Wildman–Crippen MR) is 96.7 cm³/mol. The minimum Gasteiger partial charge on any atom is -0.452 e. The molecular formula is C20H19F3N4O2. The highest BCUT2D eigenvalue weighted by Crippen LogP contribution is 2.58. The number of pyridine rings is 1. The van der Waals surface area contributed by atoms with E-state index >= 15 is 0 Å². The fourth-order valence-electron chi connectivity index (χ4n) is 5.98. The Hall–Kier alpha value is -2.76. The molecule has 152 valence electrons. The molecule has 0 radical (unpaired) electrons. The maximum atomic E-state index is 12.8. The van der Waals surface area contributed by atoms with Gasteiger partial charge in [0.05, 0.1) is 11.3 Å². The van der Waals surface area contributed by atoms with Crippen molar-refractivity contribution in [3.8, 4) is 6.07 Å². The number of nitriles is 1. The van der Waals surface area contributed by atoms with Gasteiger partial charge in [-0.15, -0.1) is 0 Å². The number of nitrogens with one attached hydrogen (secondary N) is 2. The van der Waals surface area contributed by atoms with Crippen molar-refractivity contribution in [3.63, 3.8) is 0 Å². The van der Waals surface area contributed by atoms with E-state index in [4.69, 9.17) is 4.74 Å². The van der Waals surface area contributed by atoms with Crippen LogP contribution in [0.25, 0.3) is 11.0 Å². The minimum absolute atomic E-state index is 0.0249. The summed E-state index contributed by atoms with van der Waals surface area (Å²) in [4.78, 5) is 18.8. The summed E-state index contributed by atoms with van der Waals surface area (Å²) < 4.78 is 43.4. The number of carbonyl (C=O) groups excluding carboxylic acids is 1. The number of anilines is 1. The first-order valence-electron chi connectivity index (χ1n) is 9.71. The number of H-pyrrole nitrogens is 1. The van der Waals surface area contributed by atoms with E-state index in [-0.39, 0.29) is 23.8 Å². The number of alkyl halides is 3. The van der Waals surface area contributed by atoms with E-state index in [0.717, 1.165) is 18.2 Å². The molecule has 2 N–H and O–H groups in total. The maximum Gasteiger partial charge on any atom is 0.490 e. The van der Waals surface area contributed by atoms with Crippen LogP contribution in [-0.4, -0.2) is 33.8 Å². The summed E-state index contributed by atoms with van der Waals surface area (Å²) in [6.07, 6.45) is 1.43. The Labute approximate surface area is 164 Å². The van der Waals surface area contributed by atoms with Gasteiger partial charge in [-0.3, -0.25) is 0 Å². The van der Waals surface area contributed by atoms with E-state index in [0.29, 0.717) is 36.2 Å². The lowest BCUT2D eigenvalue weighted by Crippen LogP contribution is -2.61. The monoisotopic (exact) mass is 404 g/mol. The second-order valence-corrected chi connectivity index (χ2v) is 8.61. The van der Waals surface area contributed by atoms with Gasteiger partial charge in [0.25, 0.3) is 0 Å². The van der Waals surface area contributed by atoms with Crippen LogP contribution >= 0.6 is 0 Å². The van der Waals surface area contributed by atoms with Crippen molar-refractivity contribution in [2.24, 2.45) is 17.8 Å². The van der Waals surface area contributed by atoms with Crippen molar-refractivity contribution in [2.45, 2.75) is 49.9 Å². The fraction of sp³-hybridized carbons (Fsp3) is 0.550. The molecule has 2 aromatic rings. The van der Waals surface area contributed by atoms with Crippen molar-refractivity contribution in [2.75, 3.05) is 5.32 Å². The topological polar surface area (TPSA) is 90.8 Å². The zero-order valence-corrected chi connectivity index (χ0v) is 15.4. The van der Waals surface area contributed by atoms with Gasteiger partial charge in [0.2, 0.25) is 0 Å². The molecule has 4 aliphatic rings. The molecule has 0 aromatic carbocycles. The average Bonchev–Trinajstić information content (AvgIpc) is 3.12. The van der Waals surface area contributed by atoms with E-state index < -0.39 is 17.7 Å². The van der Waals surface area contributed by atoms with Crippen LogP contribution in [0.1, 0.15) is 37.7 Å². The van der Waals surface area contributed by atoms with Gasteiger partial charge in [0.1, 0.15) is 17.3 Å². The number of hydrogen-bond donors (Lipinski definition) is 2. The molecule has 0 saturated heterocycles. The van der Waals surface area contributed by atoms with Crippen LogP contribution in [0, 0.1) is 29.1 Å². The normalized spacial score (nSPS) is 32.9. The molecule has 2 atom stereocenters. The van der Waals surface area contributed by atoms with Crippen LogP contribution in [0.3, 0.4) is 0 Å². The van der Waals surface area contributed by atoms with Crippen LogP contribution in [0.2, 0.25) is 0 Å². The van der Waals surface area contributed by atoms with Gasteiger partial charge in [0.15, 0.2) is 0 Å². The number of hydrogen-bond acceptors (Lipinski definition) is 5. The number of aromatic amines is 1. The van der Waals surface area contributed by atoms with Gasteiger partial charge in [0, 0.05) is 23.8 Å². The highest BCUT2D eigenvalue weighted by Gasteiger charge is 2.59. The highest BCUT2D eigenvalue weighted by atomic mass is 19.4. The number of carbonyl (C=O) groups is 1. The molecule has 4 fully saturated rings. The Morgan fingerprint density at radius 2 is 2.03 bits per heavy atom.